The van der Waals surface area contributed by atoms with Crippen LogP contribution in [-0.4, -0.2) is 16.0 Å². The van der Waals surface area contributed by atoms with Crippen molar-refractivity contribution in [2.45, 2.75) is 26.4 Å². The standard InChI is InChI=1S/C19H18N2O3/c1-13(2)19-21-20-17(24-19)12-23-16-10-8-15(9-11-16)18(22)14-6-4-3-5-7-14/h3-11,13H,12H2,1-2H3. The first kappa shape index (κ1) is 15.9. The van der Waals surface area contributed by atoms with Crippen molar-refractivity contribution in [3.05, 3.63) is 77.5 Å². The molecule has 3 aromatic rings. The zero-order valence-corrected chi connectivity index (χ0v) is 13.6. The third kappa shape index (κ3) is 3.68. The van der Waals surface area contributed by atoms with E-state index in [-0.39, 0.29) is 18.3 Å². The lowest BCUT2D eigenvalue weighted by Gasteiger charge is -2.05. The van der Waals surface area contributed by atoms with Crippen LogP contribution >= 0.6 is 0 Å². The van der Waals surface area contributed by atoms with E-state index in [1.807, 2.05) is 32.0 Å². The average Bonchev–Trinajstić information content (AvgIpc) is 3.10. The number of benzene rings is 2. The van der Waals surface area contributed by atoms with Crippen LogP contribution in [0.15, 0.2) is 59.0 Å². The summed E-state index contributed by atoms with van der Waals surface area (Å²) in [6, 6.07) is 16.2. The molecule has 122 valence electrons. The van der Waals surface area contributed by atoms with E-state index >= 15 is 0 Å². The van der Waals surface area contributed by atoms with Gasteiger partial charge in [-0.25, -0.2) is 0 Å². The van der Waals surface area contributed by atoms with Crippen molar-refractivity contribution in [1.29, 1.82) is 0 Å². The molecular weight excluding hydrogens is 304 g/mol. The SMILES string of the molecule is CC(C)c1nnc(COc2ccc(C(=O)c3ccccc3)cc2)o1. The molecule has 0 radical (unpaired) electrons. The van der Waals surface area contributed by atoms with Gasteiger partial charge in [0, 0.05) is 17.0 Å². The Morgan fingerprint density at radius 2 is 1.67 bits per heavy atom. The second kappa shape index (κ2) is 7.08. The number of hydrogen-bond acceptors (Lipinski definition) is 5. The van der Waals surface area contributed by atoms with Gasteiger partial charge in [0.15, 0.2) is 12.4 Å². The number of carbonyl (C=O) groups is 1. The van der Waals surface area contributed by atoms with Gasteiger partial charge in [-0.15, -0.1) is 10.2 Å². The first-order chi connectivity index (χ1) is 11.6. The molecule has 0 aliphatic heterocycles. The second-order valence-corrected chi connectivity index (χ2v) is 5.70. The molecule has 1 heterocycles. The minimum absolute atomic E-state index is 0.0133. The van der Waals surface area contributed by atoms with E-state index in [0.717, 1.165) is 0 Å². The summed E-state index contributed by atoms with van der Waals surface area (Å²) in [4.78, 5) is 12.3. The number of rotatable bonds is 6. The van der Waals surface area contributed by atoms with Gasteiger partial charge < -0.3 is 9.15 Å². The maximum Gasteiger partial charge on any atom is 0.253 e. The number of nitrogens with zero attached hydrogens (tertiary/aromatic N) is 2. The van der Waals surface area contributed by atoms with Crippen LogP contribution in [0.25, 0.3) is 0 Å². The van der Waals surface area contributed by atoms with Crippen LogP contribution in [0, 0.1) is 0 Å². The summed E-state index contributed by atoms with van der Waals surface area (Å²) in [7, 11) is 0. The molecule has 0 atom stereocenters. The van der Waals surface area contributed by atoms with E-state index in [1.54, 1.807) is 36.4 Å². The van der Waals surface area contributed by atoms with Crippen LogP contribution in [0.1, 0.15) is 47.5 Å². The van der Waals surface area contributed by atoms with Crippen LogP contribution in [0.4, 0.5) is 0 Å². The lowest BCUT2D eigenvalue weighted by molar-refractivity contribution is 0.103. The van der Waals surface area contributed by atoms with E-state index in [9.17, 15) is 4.79 Å². The second-order valence-electron chi connectivity index (χ2n) is 5.70. The molecule has 0 saturated heterocycles. The maximum absolute atomic E-state index is 12.3. The fraction of sp³-hybridized carbons (Fsp3) is 0.211. The van der Waals surface area contributed by atoms with Crippen molar-refractivity contribution in [1.82, 2.24) is 10.2 Å². The predicted molar refractivity (Wildman–Crippen MR) is 89.0 cm³/mol. The Morgan fingerprint density at radius 1 is 1.00 bits per heavy atom. The van der Waals surface area contributed by atoms with Gasteiger partial charge in [-0.3, -0.25) is 4.79 Å². The third-order valence-corrected chi connectivity index (χ3v) is 3.49. The van der Waals surface area contributed by atoms with Crippen LogP contribution < -0.4 is 4.74 Å². The van der Waals surface area contributed by atoms with Crippen LogP contribution in [0.2, 0.25) is 0 Å². The minimum atomic E-state index is -0.0133. The molecule has 0 fully saturated rings. The largest absolute Gasteiger partial charge is 0.484 e. The number of hydrogen-bond donors (Lipinski definition) is 0. The Morgan fingerprint density at radius 3 is 2.29 bits per heavy atom. The monoisotopic (exact) mass is 322 g/mol. The lowest BCUT2D eigenvalue weighted by Crippen LogP contribution is -2.01. The third-order valence-electron chi connectivity index (χ3n) is 3.49. The summed E-state index contributed by atoms with van der Waals surface area (Å²) < 4.78 is 11.1. The predicted octanol–water partition coefficient (Wildman–Crippen LogP) is 4.00. The van der Waals surface area contributed by atoms with Crippen molar-refractivity contribution in [3.63, 3.8) is 0 Å². The molecule has 24 heavy (non-hydrogen) atoms. The molecule has 5 nitrogen and oxygen atoms in total. The topological polar surface area (TPSA) is 65.2 Å². The Hall–Kier alpha value is -2.95. The Labute approximate surface area is 140 Å². The summed E-state index contributed by atoms with van der Waals surface area (Å²) in [6.45, 7) is 4.17. The molecule has 5 heteroatoms. The molecule has 0 unspecified atom stereocenters. The van der Waals surface area contributed by atoms with Gasteiger partial charge in [0.1, 0.15) is 5.75 Å². The van der Waals surface area contributed by atoms with Gasteiger partial charge in [0.25, 0.3) is 5.89 Å². The van der Waals surface area contributed by atoms with E-state index in [0.29, 0.717) is 28.7 Å². The molecule has 2 aromatic carbocycles. The van der Waals surface area contributed by atoms with E-state index in [1.165, 1.54) is 0 Å². The average molecular weight is 322 g/mol. The van der Waals surface area contributed by atoms with Crippen molar-refractivity contribution in [2.24, 2.45) is 0 Å². The summed E-state index contributed by atoms with van der Waals surface area (Å²) in [5.41, 5.74) is 1.28. The van der Waals surface area contributed by atoms with Crippen molar-refractivity contribution in [3.8, 4) is 5.75 Å². The molecule has 1 aromatic heterocycles. The molecule has 0 saturated carbocycles. The molecule has 3 rings (SSSR count). The fourth-order valence-electron chi connectivity index (χ4n) is 2.16. The number of carbonyl (C=O) groups excluding carboxylic acids is 1. The summed E-state index contributed by atoms with van der Waals surface area (Å²) in [6.07, 6.45) is 0. The van der Waals surface area contributed by atoms with Crippen molar-refractivity contribution >= 4 is 5.78 Å². The van der Waals surface area contributed by atoms with Gasteiger partial charge in [0.05, 0.1) is 0 Å². The van der Waals surface area contributed by atoms with Gasteiger partial charge in [-0.2, -0.15) is 0 Å². The van der Waals surface area contributed by atoms with Crippen molar-refractivity contribution in [2.75, 3.05) is 0 Å². The number of ketones is 1. The summed E-state index contributed by atoms with van der Waals surface area (Å²) in [5.74, 6) is 1.85. The zero-order chi connectivity index (χ0) is 16.9. The molecule has 0 aliphatic carbocycles. The summed E-state index contributed by atoms with van der Waals surface area (Å²) in [5, 5.41) is 7.90. The highest BCUT2D eigenvalue weighted by atomic mass is 16.5. The van der Waals surface area contributed by atoms with Crippen LogP contribution in [0.3, 0.4) is 0 Å². The molecule has 0 bridgehead atoms. The van der Waals surface area contributed by atoms with Gasteiger partial charge in [-0.05, 0) is 24.3 Å². The Balaban J connectivity index is 1.63. The fourth-order valence-corrected chi connectivity index (χ4v) is 2.16. The van der Waals surface area contributed by atoms with Crippen molar-refractivity contribution < 1.29 is 13.9 Å². The first-order valence-electron chi connectivity index (χ1n) is 7.78. The van der Waals surface area contributed by atoms with Gasteiger partial charge >= 0.3 is 0 Å². The highest BCUT2D eigenvalue weighted by Crippen LogP contribution is 2.17. The van der Waals surface area contributed by atoms with E-state index in [4.69, 9.17) is 9.15 Å². The smallest absolute Gasteiger partial charge is 0.253 e. The Kier molecular flexibility index (Phi) is 4.70. The Bertz CT molecular complexity index is 808. The van der Waals surface area contributed by atoms with E-state index < -0.39 is 0 Å². The van der Waals surface area contributed by atoms with Gasteiger partial charge in [0.2, 0.25) is 5.89 Å². The number of ether oxygens (including phenoxy) is 1. The highest BCUT2D eigenvalue weighted by molar-refractivity contribution is 6.08. The quantitative estimate of drug-likeness (QED) is 0.642. The van der Waals surface area contributed by atoms with Crippen LogP contribution in [0.5, 0.6) is 5.75 Å². The first-order valence-corrected chi connectivity index (χ1v) is 7.78. The molecule has 0 amide bonds. The molecule has 0 spiro atoms. The molecule has 0 aliphatic rings. The molecule has 0 N–H and O–H groups in total. The summed E-state index contributed by atoms with van der Waals surface area (Å²) >= 11 is 0. The van der Waals surface area contributed by atoms with Crippen LogP contribution in [-0.2, 0) is 6.61 Å². The van der Waals surface area contributed by atoms with Gasteiger partial charge in [-0.1, -0.05) is 44.2 Å². The number of aromatic nitrogens is 2. The minimum Gasteiger partial charge on any atom is -0.484 e. The zero-order valence-electron chi connectivity index (χ0n) is 13.6. The highest BCUT2D eigenvalue weighted by Gasteiger charge is 2.11. The van der Waals surface area contributed by atoms with E-state index in [2.05, 4.69) is 10.2 Å². The maximum atomic E-state index is 12.3. The lowest BCUT2D eigenvalue weighted by atomic mass is 10.0. The molecular formula is C19H18N2O3. The normalized spacial score (nSPS) is 10.8.